The molecule has 11 heteroatoms. The van der Waals surface area contributed by atoms with Gasteiger partial charge < -0.3 is 11.1 Å². The van der Waals surface area contributed by atoms with Gasteiger partial charge in [0, 0.05) is 30.5 Å². The average Bonchev–Trinajstić information content (AvgIpc) is 3.72. The fraction of sp³-hybridized carbons (Fsp3) is 0.103. The zero-order valence-corrected chi connectivity index (χ0v) is 21.8. The third-order valence-electron chi connectivity index (χ3n) is 7.08. The van der Waals surface area contributed by atoms with E-state index in [0.29, 0.717) is 39.8 Å². The summed E-state index contributed by atoms with van der Waals surface area (Å²) >= 11 is 6.15. The zero-order valence-electron chi connectivity index (χ0n) is 21.1. The Balaban J connectivity index is 1.32. The summed E-state index contributed by atoms with van der Waals surface area (Å²) < 4.78 is 3.71. The first kappa shape index (κ1) is 24.0. The van der Waals surface area contributed by atoms with Gasteiger partial charge in [-0.05, 0) is 78.6 Å². The molecule has 40 heavy (non-hydrogen) atoms. The van der Waals surface area contributed by atoms with Crippen molar-refractivity contribution in [3.63, 3.8) is 0 Å². The SMILES string of the molecule is Nc1ncccc1-c1nc2ccc(-n3cccn3)nc2n1-c1ccc2c(c1)CC[C@@H]2NC(=O)c1cccnc1Cl. The maximum atomic E-state index is 12.9. The fourth-order valence-corrected chi connectivity index (χ4v) is 5.40. The van der Waals surface area contributed by atoms with Crippen LogP contribution >= 0.6 is 11.6 Å². The molecule has 0 spiro atoms. The van der Waals surface area contributed by atoms with Gasteiger partial charge in [0.2, 0.25) is 0 Å². The summed E-state index contributed by atoms with van der Waals surface area (Å²) in [6, 6.07) is 18.8. The Kier molecular flexibility index (Phi) is 5.75. The molecule has 1 aromatic carbocycles. The predicted molar refractivity (Wildman–Crippen MR) is 151 cm³/mol. The first-order valence-electron chi connectivity index (χ1n) is 12.7. The van der Waals surface area contributed by atoms with Gasteiger partial charge in [-0.3, -0.25) is 9.36 Å². The lowest BCUT2D eigenvalue weighted by atomic mass is 10.1. The number of amides is 1. The number of anilines is 1. The van der Waals surface area contributed by atoms with Crippen LogP contribution < -0.4 is 11.1 Å². The number of hydrogen-bond donors (Lipinski definition) is 2. The minimum absolute atomic E-state index is 0.134. The Labute approximate surface area is 233 Å². The molecule has 1 atom stereocenters. The molecule has 0 aliphatic heterocycles. The molecule has 5 heterocycles. The quantitative estimate of drug-likeness (QED) is 0.299. The maximum Gasteiger partial charge on any atom is 0.254 e. The molecule has 7 rings (SSSR count). The monoisotopic (exact) mass is 547 g/mol. The Morgan fingerprint density at radius 1 is 1.00 bits per heavy atom. The van der Waals surface area contributed by atoms with Crippen molar-refractivity contribution in [2.45, 2.75) is 18.9 Å². The van der Waals surface area contributed by atoms with Gasteiger partial charge in [-0.1, -0.05) is 17.7 Å². The Bertz CT molecular complexity index is 1900. The lowest BCUT2D eigenvalue weighted by Gasteiger charge is -2.16. The molecule has 1 amide bonds. The highest BCUT2D eigenvalue weighted by molar-refractivity contribution is 6.32. The summed E-state index contributed by atoms with van der Waals surface area (Å²) in [5.41, 5.74) is 11.8. The van der Waals surface area contributed by atoms with Crippen molar-refractivity contribution < 1.29 is 4.79 Å². The van der Waals surface area contributed by atoms with E-state index in [9.17, 15) is 4.79 Å². The molecule has 3 N–H and O–H groups in total. The molecule has 0 saturated carbocycles. The average molecular weight is 548 g/mol. The number of nitrogens with one attached hydrogen (secondary N) is 1. The smallest absolute Gasteiger partial charge is 0.254 e. The summed E-state index contributed by atoms with van der Waals surface area (Å²) in [7, 11) is 0. The third-order valence-corrected chi connectivity index (χ3v) is 7.38. The number of hydrogen-bond acceptors (Lipinski definition) is 7. The summed E-state index contributed by atoms with van der Waals surface area (Å²) in [6.45, 7) is 0. The molecule has 1 aliphatic rings. The number of carbonyl (C=O) groups excluding carboxylic acids is 1. The van der Waals surface area contributed by atoms with Crippen molar-refractivity contribution in [3.8, 4) is 22.9 Å². The number of aryl methyl sites for hydroxylation is 1. The van der Waals surface area contributed by atoms with Gasteiger partial charge in [-0.15, -0.1) is 0 Å². The number of rotatable bonds is 5. The second-order valence-electron chi connectivity index (χ2n) is 9.46. The number of pyridine rings is 3. The summed E-state index contributed by atoms with van der Waals surface area (Å²) in [5, 5.41) is 7.63. The number of benzene rings is 1. The molecule has 0 fully saturated rings. The van der Waals surface area contributed by atoms with Crippen LogP contribution in [0.2, 0.25) is 5.15 Å². The number of carbonyl (C=O) groups is 1. The number of imidazole rings is 1. The first-order chi connectivity index (χ1) is 19.6. The number of halogens is 1. The molecular weight excluding hydrogens is 526 g/mol. The van der Waals surface area contributed by atoms with E-state index in [1.807, 2.05) is 53.2 Å². The summed E-state index contributed by atoms with van der Waals surface area (Å²) in [4.78, 5) is 31.0. The molecule has 0 saturated heterocycles. The van der Waals surface area contributed by atoms with E-state index in [1.165, 1.54) is 0 Å². The minimum Gasteiger partial charge on any atom is -0.383 e. The van der Waals surface area contributed by atoms with Gasteiger partial charge >= 0.3 is 0 Å². The van der Waals surface area contributed by atoms with E-state index in [-0.39, 0.29) is 17.1 Å². The number of aromatic nitrogens is 7. The highest BCUT2D eigenvalue weighted by Crippen LogP contribution is 2.36. The van der Waals surface area contributed by atoms with Crippen LogP contribution in [0.5, 0.6) is 0 Å². The Hall–Kier alpha value is -5.09. The molecule has 0 radical (unpaired) electrons. The highest BCUT2D eigenvalue weighted by atomic mass is 35.5. The molecule has 10 nitrogen and oxygen atoms in total. The lowest BCUT2D eigenvalue weighted by Crippen LogP contribution is -2.27. The van der Waals surface area contributed by atoms with Gasteiger partial charge in [0.15, 0.2) is 17.3 Å². The maximum absolute atomic E-state index is 12.9. The van der Waals surface area contributed by atoms with Gasteiger partial charge in [-0.2, -0.15) is 5.10 Å². The van der Waals surface area contributed by atoms with Crippen LogP contribution in [0.25, 0.3) is 34.1 Å². The fourth-order valence-electron chi connectivity index (χ4n) is 5.20. The van der Waals surface area contributed by atoms with Crippen molar-refractivity contribution in [3.05, 3.63) is 107 Å². The van der Waals surface area contributed by atoms with Gasteiger partial charge in [0.25, 0.3) is 5.91 Å². The van der Waals surface area contributed by atoms with E-state index in [1.54, 1.807) is 35.4 Å². The second kappa shape index (κ2) is 9.58. The van der Waals surface area contributed by atoms with Crippen LogP contribution in [-0.4, -0.2) is 40.2 Å². The number of nitrogens with two attached hydrogens (primary N) is 1. The van der Waals surface area contributed by atoms with Gasteiger partial charge in [-0.25, -0.2) is 24.6 Å². The number of fused-ring (bicyclic) bond motifs is 2. The van der Waals surface area contributed by atoms with E-state index in [4.69, 9.17) is 27.3 Å². The standard InChI is InChI=1S/C29H22ClN9O/c30-25-20(4-1-12-32-25)29(40)36-22-9-6-17-16-18(7-8-19(17)22)39-27(21-5-2-13-33-26(21)31)35-23-10-11-24(37-28(23)39)38-15-3-14-34-38/h1-5,7-8,10-16,22H,6,9H2,(H2,31,33)(H,36,40)/t22-/m0/s1. The number of nitrogens with zero attached hydrogens (tertiary/aromatic N) is 7. The van der Waals surface area contributed by atoms with Crippen molar-refractivity contribution in [2.75, 3.05) is 5.73 Å². The summed E-state index contributed by atoms with van der Waals surface area (Å²) in [6.07, 6.45) is 8.35. The molecule has 0 bridgehead atoms. The molecule has 1 aliphatic carbocycles. The molecular formula is C29H22ClN9O. The van der Waals surface area contributed by atoms with Gasteiger partial charge in [0.05, 0.1) is 17.2 Å². The zero-order chi connectivity index (χ0) is 27.2. The second-order valence-corrected chi connectivity index (χ2v) is 9.82. The topological polar surface area (TPSA) is 129 Å². The molecule has 196 valence electrons. The largest absolute Gasteiger partial charge is 0.383 e. The van der Waals surface area contributed by atoms with Crippen LogP contribution in [0.15, 0.2) is 85.5 Å². The van der Waals surface area contributed by atoms with E-state index < -0.39 is 0 Å². The lowest BCUT2D eigenvalue weighted by molar-refractivity contribution is 0.0936. The molecule has 5 aromatic heterocycles. The van der Waals surface area contributed by atoms with Crippen molar-refractivity contribution >= 4 is 34.5 Å². The van der Waals surface area contributed by atoms with Crippen molar-refractivity contribution in [1.29, 1.82) is 0 Å². The molecule has 0 unspecified atom stereocenters. The Morgan fingerprint density at radius 2 is 1.88 bits per heavy atom. The Morgan fingerprint density at radius 3 is 2.70 bits per heavy atom. The van der Waals surface area contributed by atoms with Crippen LogP contribution in [0.1, 0.15) is 33.9 Å². The molecule has 6 aromatic rings. The summed E-state index contributed by atoms with van der Waals surface area (Å²) in [5.74, 6) is 1.44. The van der Waals surface area contributed by atoms with E-state index in [0.717, 1.165) is 29.7 Å². The van der Waals surface area contributed by atoms with E-state index >= 15 is 0 Å². The van der Waals surface area contributed by atoms with Crippen molar-refractivity contribution in [2.24, 2.45) is 0 Å². The van der Waals surface area contributed by atoms with Crippen LogP contribution in [0.4, 0.5) is 5.82 Å². The normalized spacial score (nSPS) is 14.4. The van der Waals surface area contributed by atoms with Gasteiger partial charge in [0.1, 0.15) is 16.5 Å². The number of nitrogen functional groups attached to an aromatic ring is 1. The first-order valence-corrected chi connectivity index (χ1v) is 13.1. The third kappa shape index (κ3) is 4.05. The van der Waals surface area contributed by atoms with Crippen molar-refractivity contribution in [1.82, 2.24) is 39.6 Å². The van der Waals surface area contributed by atoms with Crippen LogP contribution in [0.3, 0.4) is 0 Å². The highest BCUT2D eigenvalue weighted by Gasteiger charge is 2.27. The van der Waals surface area contributed by atoms with Crippen LogP contribution in [0, 0.1) is 0 Å². The predicted octanol–water partition coefficient (Wildman–Crippen LogP) is 4.72. The van der Waals surface area contributed by atoms with Crippen LogP contribution in [-0.2, 0) is 6.42 Å². The van der Waals surface area contributed by atoms with E-state index in [2.05, 4.69) is 26.4 Å². The minimum atomic E-state index is -0.245.